The molecule has 0 unspecified atom stereocenters. The van der Waals surface area contributed by atoms with Crippen molar-refractivity contribution in [2.24, 2.45) is 0 Å². The summed E-state index contributed by atoms with van der Waals surface area (Å²) in [5.74, 6) is 0.797. The molecule has 0 amide bonds. The molecule has 178 valence electrons. The van der Waals surface area contributed by atoms with Crippen molar-refractivity contribution in [1.82, 2.24) is 19.5 Å². The molecule has 5 aromatic rings. The third-order valence-corrected chi connectivity index (χ3v) is 8.43. The molecule has 3 aromatic heterocycles. The van der Waals surface area contributed by atoms with Gasteiger partial charge in [-0.1, -0.05) is 55.9 Å². The van der Waals surface area contributed by atoms with Gasteiger partial charge in [-0.2, -0.15) is 0 Å². The van der Waals surface area contributed by atoms with Crippen molar-refractivity contribution >= 4 is 44.2 Å². The molecule has 0 radical (unpaired) electrons. The molecule has 0 aliphatic heterocycles. The van der Waals surface area contributed by atoms with E-state index in [2.05, 4.69) is 18.8 Å². The summed E-state index contributed by atoms with van der Waals surface area (Å²) in [6, 6.07) is 15.3. The molecule has 0 saturated heterocycles. The number of H-pyrrole nitrogens is 1. The molecule has 3 heterocycles. The van der Waals surface area contributed by atoms with E-state index in [0.717, 1.165) is 26.5 Å². The Morgan fingerprint density at radius 2 is 1.69 bits per heavy atom. The number of nitrogens with zero attached hydrogens (tertiary/aromatic N) is 3. The van der Waals surface area contributed by atoms with Gasteiger partial charge in [-0.25, -0.2) is 9.97 Å². The predicted molar refractivity (Wildman–Crippen MR) is 145 cm³/mol. The second kappa shape index (κ2) is 9.09. The van der Waals surface area contributed by atoms with Crippen LogP contribution in [0.3, 0.4) is 0 Å². The van der Waals surface area contributed by atoms with Crippen LogP contribution in [0, 0.1) is 13.8 Å². The Morgan fingerprint density at radius 1 is 0.971 bits per heavy atom. The van der Waals surface area contributed by atoms with Gasteiger partial charge in [-0.3, -0.25) is 14.2 Å². The number of aromatic nitrogens is 4. The molecule has 35 heavy (non-hydrogen) atoms. The van der Waals surface area contributed by atoms with E-state index < -0.39 is 0 Å². The topological polar surface area (TPSA) is 80.6 Å². The van der Waals surface area contributed by atoms with E-state index >= 15 is 0 Å². The second-order valence-corrected chi connectivity index (χ2v) is 11.5. The average molecular weight is 503 g/mol. The third-order valence-electron chi connectivity index (χ3n) is 6.27. The first-order chi connectivity index (χ1) is 16.8. The van der Waals surface area contributed by atoms with E-state index in [4.69, 9.17) is 9.97 Å². The summed E-state index contributed by atoms with van der Waals surface area (Å²) in [6.07, 6.45) is 0. The number of thioether (sulfide) groups is 1. The van der Waals surface area contributed by atoms with Crippen LogP contribution in [0.25, 0.3) is 26.8 Å². The molecule has 8 heteroatoms. The van der Waals surface area contributed by atoms with Gasteiger partial charge in [0.05, 0.1) is 27.2 Å². The Morgan fingerprint density at radius 3 is 2.46 bits per heavy atom. The van der Waals surface area contributed by atoms with Crippen LogP contribution in [0.4, 0.5) is 0 Å². The van der Waals surface area contributed by atoms with Gasteiger partial charge in [0.2, 0.25) is 0 Å². The molecule has 0 fully saturated rings. The number of aryl methyl sites for hydroxylation is 2. The highest BCUT2D eigenvalue weighted by Crippen LogP contribution is 2.35. The number of rotatable bonds is 5. The van der Waals surface area contributed by atoms with Crippen LogP contribution in [-0.2, 0) is 0 Å². The molecule has 0 spiro atoms. The first-order valence-electron chi connectivity index (χ1n) is 11.5. The molecule has 6 nitrogen and oxygen atoms in total. The molecule has 0 aliphatic carbocycles. The SMILES string of the molecule is Cc1sc2nc([C@H](C)Sc3nc4ccccc4c(=O)n3-c3ccccc3C(C)C)[nH]c(=O)c2c1C. The van der Waals surface area contributed by atoms with Crippen molar-refractivity contribution in [3.05, 3.63) is 91.1 Å². The van der Waals surface area contributed by atoms with Crippen molar-refractivity contribution < 1.29 is 0 Å². The van der Waals surface area contributed by atoms with Crippen LogP contribution < -0.4 is 11.1 Å². The lowest BCUT2D eigenvalue weighted by molar-refractivity contribution is 0.776. The molecule has 1 N–H and O–H groups in total. The molecule has 0 saturated carbocycles. The highest BCUT2D eigenvalue weighted by Gasteiger charge is 2.21. The summed E-state index contributed by atoms with van der Waals surface area (Å²) in [6.45, 7) is 10.2. The largest absolute Gasteiger partial charge is 0.309 e. The summed E-state index contributed by atoms with van der Waals surface area (Å²) in [4.78, 5) is 41.1. The Hall–Kier alpha value is -3.23. The van der Waals surface area contributed by atoms with E-state index in [0.29, 0.717) is 27.3 Å². The Kier molecular flexibility index (Phi) is 6.11. The minimum atomic E-state index is -0.236. The molecule has 5 rings (SSSR count). The summed E-state index contributed by atoms with van der Waals surface area (Å²) in [5.41, 5.74) is 3.27. The third kappa shape index (κ3) is 4.10. The fraction of sp³-hybridized carbons (Fsp3) is 0.259. The zero-order chi connectivity index (χ0) is 24.9. The zero-order valence-corrected chi connectivity index (χ0v) is 21.9. The summed E-state index contributed by atoms with van der Waals surface area (Å²) >= 11 is 2.95. The highest BCUT2D eigenvalue weighted by atomic mass is 32.2. The monoisotopic (exact) mass is 502 g/mol. The molecular weight excluding hydrogens is 476 g/mol. The fourth-order valence-corrected chi connectivity index (χ4v) is 6.28. The predicted octanol–water partition coefficient (Wildman–Crippen LogP) is 6.28. The zero-order valence-electron chi connectivity index (χ0n) is 20.2. The van der Waals surface area contributed by atoms with Gasteiger partial charge in [0.1, 0.15) is 10.7 Å². The molecule has 2 aromatic carbocycles. The van der Waals surface area contributed by atoms with Crippen LogP contribution in [0.2, 0.25) is 0 Å². The minimum Gasteiger partial charge on any atom is -0.309 e. The van der Waals surface area contributed by atoms with Gasteiger partial charge in [-0.05, 0) is 56.0 Å². The van der Waals surface area contributed by atoms with Crippen molar-refractivity contribution in [3.8, 4) is 5.69 Å². The maximum Gasteiger partial charge on any atom is 0.266 e. The minimum absolute atomic E-state index is 0.111. The van der Waals surface area contributed by atoms with Gasteiger partial charge < -0.3 is 4.98 Å². The number of benzene rings is 2. The molecule has 0 bridgehead atoms. The summed E-state index contributed by atoms with van der Waals surface area (Å²) in [5, 5.41) is 1.55. The number of aromatic amines is 1. The average Bonchev–Trinajstić information content (AvgIpc) is 3.13. The Balaban J connectivity index is 1.68. The van der Waals surface area contributed by atoms with Crippen LogP contribution in [0.1, 0.15) is 53.8 Å². The lowest BCUT2D eigenvalue weighted by Crippen LogP contribution is -2.23. The van der Waals surface area contributed by atoms with Gasteiger partial charge >= 0.3 is 0 Å². The van der Waals surface area contributed by atoms with Gasteiger partial charge in [-0.15, -0.1) is 11.3 Å². The maximum atomic E-state index is 13.7. The number of thiophene rings is 1. The highest BCUT2D eigenvalue weighted by molar-refractivity contribution is 7.99. The smallest absolute Gasteiger partial charge is 0.266 e. The first kappa shape index (κ1) is 23.5. The Labute approximate surface area is 211 Å². The summed E-state index contributed by atoms with van der Waals surface area (Å²) in [7, 11) is 0. The van der Waals surface area contributed by atoms with Crippen molar-refractivity contribution in [3.63, 3.8) is 0 Å². The lowest BCUT2D eigenvalue weighted by Gasteiger charge is -2.19. The van der Waals surface area contributed by atoms with Crippen molar-refractivity contribution in [2.45, 2.75) is 50.9 Å². The lowest BCUT2D eigenvalue weighted by atomic mass is 10.0. The standard InChI is InChI=1S/C27H26N4O2S2/c1-14(2)18-10-7-9-13-21(18)31-26(33)19-11-6-8-12-20(19)28-27(31)35-17(5)23-29-24(32)22-15(3)16(4)34-25(22)30-23/h6-14,17H,1-5H3,(H,29,30,32)/t17-/m0/s1. The van der Waals surface area contributed by atoms with E-state index in [1.54, 1.807) is 4.57 Å². The van der Waals surface area contributed by atoms with E-state index in [1.165, 1.54) is 23.1 Å². The molecule has 0 aliphatic rings. The number of nitrogens with one attached hydrogen (secondary N) is 1. The second-order valence-electron chi connectivity index (χ2n) is 8.94. The van der Waals surface area contributed by atoms with Crippen LogP contribution in [0.5, 0.6) is 0 Å². The molecular formula is C27H26N4O2S2. The van der Waals surface area contributed by atoms with Crippen molar-refractivity contribution in [1.29, 1.82) is 0 Å². The number of para-hydroxylation sites is 2. The van der Waals surface area contributed by atoms with E-state index in [-0.39, 0.29) is 22.3 Å². The number of fused-ring (bicyclic) bond motifs is 2. The normalized spacial score (nSPS) is 12.6. The van der Waals surface area contributed by atoms with Crippen LogP contribution >= 0.6 is 23.1 Å². The quantitative estimate of drug-likeness (QED) is 0.226. The van der Waals surface area contributed by atoms with E-state index in [1.807, 2.05) is 69.3 Å². The first-order valence-corrected chi connectivity index (χ1v) is 13.2. The number of hydrogen-bond donors (Lipinski definition) is 1. The van der Waals surface area contributed by atoms with Crippen molar-refractivity contribution in [2.75, 3.05) is 0 Å². The maximum absolute atomic E-state index is 13.7. The Bertz CT molecular complexity index is 1700. The number of hydrogen-bond acceptors (Lipinski definition) is 6. The molecule has 1 atom stereocenters. The van der Waals surface area contributed by atoms with Gasteiger partial charge in [0.15, 0.2) is 5.16 Å². The fourth-order valence-electron chi connectivity index (χ4n) is 4.26. The van der Waals surface area contributed by atoms with Gasteiger partial charge in [0.25, 0.3) is 11.1 Å². The van der Waals surface area contributed by atoms with E-state index in [9.17, 15) is 9.59 Å². The summed E-state index contributed by atoms with van der Waals surface area (Å²) < 4.78 is 1.70. The van der Waals surface area contributed by atoms with Crippen LogP contribution in [-0.4, -0.2) is 19.5 Å². The van der Waals surface area contributed by atoms with Crippen LogP contribution in [0.15, 0.2) is 63.3 Å². The van der Waals surface area contributed by atoms with Gasteiger partial charge in [0, 0.05) is 4.88 Å².